The molecule has 4 rings (SSSR count). The molecule has 2 N–H and O–H groups in total. The average Bonchev–Trinajstić information content (AvgIpc) is 2.81. The minimum Gasteiger partial charge on any atom is -0.372 e. The van der Waals surface area contributed by atoms with Crippen molar-refractivity contribution < 1.29 is 14.0 Å². The number of hydrogen-bond acceptors (Lipinski definition) is 4. The highest BCUT2D eigenvalue weighted by molar-refractivity contribution is 6.09. The van der Waals surface area contributed by atoms with E-state index in [9.17, 15) is 14.0 Å². The topological polar surface area (TPSA) is 61.4 Å². The molecule has 2 aromatic carbocycles. The largest absolute Gasteiger partial charge is 0.372 e. The molecule has 2 aliphatic rings. The van der Waals surface area contributed by atoms with Crippen molar-refractivity contribution in [1.29, 1.82) is 0 Å². The number of carbonyl (C=O) groups excluding carboxylic acids is 2. The third kappa shape index (κ3) is 4.56. The van der Waals surface area contributed by atoms with Crippen molar-refractivity contribution in [2.75, 3.05) is 23.3 Å². The van der Waals surface area contributed by atoms with Gasteiger partial charge in [-0.1, -0.05) is 12.1 Å². The Labute approximate surface area is 194 Å². The first-order valence-corrected chi connectivity index (χ1v) is 11.6. The summed E-state index contributed by atoms with van der Waals surface area (Å²) in [5.74, 6) is -1.02. The van der Waals surface area contributed by atoms with Gasteiger partial charge in [-0.05, 0) is 75.6 Å². The molecular formula is C27H30FN3O2. The third-order valence-electron chi connectivity index (χ3n) is 6.48. The first kappa shape index (κ1) is 22.8. The van der Waals surface area contributed by atoms with Gasteiger partial charge in [0.05, 0.1) is 0 Å². The van der Waals surface area contributed by atoms with Gasteiger partial charge in [-0.2, -0.15) is 0 Å². The van der Waals surface area contributed by atoms with Gasteiger partial charge < -0.3 is 15.5 Å². The number of halogens is 1. The van der Waals surface area contributed by atoms with E-state index in [-0.39, 0.29) is 17.5 Å². The Kier molecular flexibility index (Phi) is 6.63. The normalized spacial score (nSPS) is 18.1. The number of dihydropyridines is 1. The van der Waals surface area contributed by atoms with E-state index in [0.717, 1.165) is 48.6 Å². The van der Waals surface area contributed by atoms with E-state index >= 15 is 0 Å². The molecule has 0 radical (unpaired) electrons. The van der Waals surface area contributed by atoms with Crippen LogP contribution >= 0.6 is 0 Å². The summed E-state index contributed by atoms with van der Waals surface area (Å²) < 4.78 is 13.3. The second-order valence-electron chi connectivity index (χ2n) is 8.49. The van der Waals surface area contributed by atoms with Crippen molar-refractivity contribution in [3.63, 3.8) is 0 Å². The third-order valence-corrected chi connectivity index (χ3v) is 6.48. The lowest BCUT2D eigenvalue weighted by atomic mass is 9.75. The van der Waals surface area contributed by atoms with Gasteiger partial charge in [0.15, 0.2) is 5.78 Å². The van der Waals surface area contributed by atoms with Crippen molar-refractivity contribution in [2.45, 2.75) is 46.0 Å². The van der Waals surface area contributed by atoms with Gasteiger partial charge in [0.1, 0.15) is 5.82 Å². The fourth-order valence-electron chi connectivity index (χ4n) is 4.82. The number of amides is 1. The van der Waals surface area contributed by atoms with Crippen LogP contribution in [0.4, 0.5) is 15.8 Å². The zero-order chi connectivity index (χ0) is 23.5. The Bertz CT molecular complexity index is 1110. The van der Waals surface area contributed by atoms with E-state index in [1.165, 1.54) is 24.3 Å². The molecule has 33 heavy (non-hydrogen) atoms. The Hall–Kier alpha value is -3.41. The van der Waals surface area contributed by atoms with Crippen LogP contribution in [0.3, 0.4) is 0 Å². The molecule has 0 bridgehead atoms. The van der Waals surface area contributed by atoms with Crippen molar-refractivity contribution in [3.05, 3.63) is 82.5 Å². The van der Waals surface area contributed by atoms with Gasteiger partial charge in [0, 0.05) is 59.3 Å². The van der Waals surface area contributed by atoms with Crippen LogP contribution in [-0.2, 0) is 9.59 Å². The van der Waals surface area contributed by atoms with E-state index in [2.05, 4.69) is 41.5 Å². The van der Waals surface area contributed by atoms with Gasteiger partial charge in [0.2, 0.25) is 0 Å². The second-order valence-corrected chi connectivity index (χ2v) is 8.49. The lowest BCUT2D eigenvalue weighted by Crippen LogP contribution is -2.35. The molecule has 0 saturated carbocycles. The number of ketones is 1. The van der Waals surface area contributed by atoms with E-state index < -0.39 is 5.92 Å². The standard InChI is InChI=1S/C27H30FN3O2/c1-4-31(5-2)21-15-9-18(10-16-21)25-24(27(33)30-20-13-11-19(28)12-14-20)17(3)29-22-7-6-8-23(32)26(22)25/h9-16,25,29H,4-8H2,1-3H3,(H,30,33)/t25-/m0/s1. The van der Waals surface area contributed by atoms with Crippen LogP contribution in [0.25, 0.3) is 0 Å². The van der Waals surface area contributed by atoms with E-state index in [1.54, 1.807) is 0 Å². The van der Waals surface area contributed by atoms with Crippen molar-refractivity contribution in [3.8, 4) is 0 Å². The molecule has 0 saturated heterocycles. The van der Waals surface area contributed by atoms with Gasteiger partial charge in [0.25, 0.3) is 5.91 Å². The van der Waals surface area contributed by atoms with Crippen LogP contribution < -0.4 is 15.5 Å². The predicted molar refractivity (Wildman–Crippen MR) is 129 cm³/mol. The minimum absolute atomic E-state index is 0.0844. The van der Waals surface area contributed by atoms with Gasteiger partial charge >= 0.3 is 0 Å². The quantitative estimate of drug-likeness (QED) is 0.633. The van der Waals surface area contributed by atoms with E-state index in [0.29, 0.717) is 23.3 Å². The lowest BCUT2D eigenvalue weighted by Gasteiger charge is -2.34. The molecular weight excluding hydrogens is 417 g/mol. The first-order valence-electron chi connectivity index (χ1n) is 11.6. The molecule has 5 nitrogen and oxygen atoms in total. The predicted octanol–water partition coefficient (Wildman–Crippen LogP) is 5.28. The fraction of sp³-hybridized carbons (Fsp3) is 0.333. The van der Waals surface area contributed by atoms with Crippen LogP contribution in [0.15, 0.2) is 71.1 Å². The van der Waals surface area contributed by atoms with Crippen molar-refractivity contribution in [2.24, 2.45) is 0 Å². The number of carbonyl (C=O) groups is 2. The molecule has 2 aromatic rings. The Balaban J connectivity index is 1.74. The van der Waals surface area contributed by atoms with Crippen LogP contribution in [0, 0.1) is 5.82 Å². The van der Waals surface area contributed by atoms with E-state index in [4.69, 9.17) is 0 Å². The zero-order valence-electron chi connectivity index (χ0n) is 19.4. The molecule has 6 heteroatoms. The zero-order valence-corrected chi connectivity index (χ0v) is 19.4. The summed E-state index contributed by atoms with van der Waals surface area (Å²) in [5, 5.41) is 6.21. The lowest BCUT2D eigenvalue weighted by molar-refractivity contribution is -0.116. The highest BCUT2D eigenvalue weighted by Gasteiger charge is 2.38. The summed E-state index contributed by atoms with van der Waals surface area (Å²) in [7, 11) is 0. The first-order chi connectivity index (χ1) is 15.9. The molecule has 0 unspecified atom stereocenters. The van der Waals surface area contributed by atoms with Gasteiger partial charge in [-0.25, -0.2) is 4.39 Å². The Morgan fingerprint density at radius 1 is 1.06 bits per heavy atom. The van der Waals surface area contributed by atoms with Crippen LogP contribution in [0.1, 0.15) is 51.5 Å². The monoisotopic (exact) mass is 447 g/mol. The maximum Gasteiger partial charge on any atom is 0.254 e. The number of nitrogens with zero attached hydrogens (tertiary/aromatic N) is 1. The smallest absolute Gasteiger partial charge is 0.254 e. The highest BCUT2D eigenvalue weighted by Crippen LogP contribution is 2.42. The number of anilines is 2. The van der Waals surface area contributed by atoms with Crippen LogP contribution in [0.5, 0.6) is 0 Å². The van der Waals surface area contributed by atoms with Crippen molar-refractivity contribution >= 4 is 23.1 Å². The Morgan fingerprint density at radius 2 is 1.73 bits per heavy atom. The number of benzene rings is 2. The summed E-state index contributed by atoms with van der Waals surface area (Å²) in [4.78, 5) is 28.8. The van der Waals surface area contributed by atoms with Crippen molar-refractivity contribution in [1.82, 2.24) is 5.32 Å². The van der Waals surface area contributed by atoms with Crippen LogP contribution in [0.2, 0.25) is 0 Å². The summed E-state index contributed by atoms with van der Waals surface area (Å²) in [5.41, 5.74) is 5.39. The number of rotatable bonds is 6. The summed E-state index contributed by atoms with van der Waals surface area (Å²) >= 11 is 0. The molecule has 1 aliphatic carbocycles. The maximum absolute atomic E-state index is 13.5. The number of nitrogens with one attached hydrogen (secondary N) is 2. The Morgan fingerprint density at radius 3 is 2.36 bits per heavy atom. The molecule has 1 atom stereocenters. The molecule has 172 valence electrons. The minimum atomic E-state index is -0.444. The molecule has 1 amide bonds. The number of hydrogen-bond donors (Lipinski definition) is 2. The summed E-state index contributed by atoms with van der Waals surface area (Å²) in [6.45, 7) is 7.92. The highest BCUT2D eigenvalue weighted by atomic mass is 19.1. The van der Waals surface area contributed by atoms with Gasteiger partial charge in [-0.3, -0.25) is 9.59 Å². The summed E-state index contributed by atoms with van der Waals surface area (Å²) in [6, 6.07) is 13.8. The molecule has 1 aliphatic heterocycles. The van der Waals surface area contributed by atoms with Crippen LogP contribution in [-0.4, -0.2) is 24.8 Å². The fourth-order valence-corrected chi connectivity index (χ4v) is 4.82. The molecule has 0 spiro atoms. The number of allylic oxidation sites excluding steroid dienone is 3. The molecule has 0 aromatic heterocycles. The maximum atomic E-state index is 13.5. The second kappa shape index (κ2) is 9.61. The molecule has 1 heterocycles. The van der Waals surface area contributed by atoms with E-state index in [1.807, 2.05) is 19.1 Å². The summed E-state index contributed by atoms with van der Waals surface area (Å²) in [6.07, 6.45) is 2.09. The van der Waals surface area contributed by atoms with Gasteiger partial charge in [-0.15, -0.1) is 0 Å². The average molecular weight is 448 g/mol. The SMILES string of the molecule is CCN(CC)c1ccc([C@H]2C(C(=O)Nc3ccc(F)cc3)=C(C)NC3=C2C(=O)CCC3)cc1. The number of Topliss-reactive ketones (excluding diaryl/α,β-unsaturated/α-hetero) is 1. The molecule has 0 fully saturated rings.